The molecule has 0 unspecified atom stereocenters. The van der Waals surface area contributed by atoms with Gasteiger partial charge >= 0.3 is 6.09 Å². The first-order valence-electron chi connectivity index (χ1n) is 5.77. The molecule has 1 amide bonds. The van der Waals surface area contributed by atoms with Crippen molar-refractivity contribution in [2.45, 2.75) is 46.6 Å². The number of hydrogen-bond acceptors (Lipinski definition) is 2. The van der Waals surface area contributed by atoms with Gasteiger partial charge in [-0.3, -0.25) is 0 Å². The molecule has 0 aromatic carbocycles. The van der Waals surface area contributed by atoms with Crippen molar-refractivity contribution >= 4 is 6.09 Å². The molecule has 0 bridgehead atoms. The Kier molecular flexibility index (Phi) is 3.63. The summed E-state index contributed by atoms with van der Waals surface area (Å²) in [6.45, 7) is 11.8. The average molecular weight is 213 g/mol. The molecule has 1 aliphatic heterocycles. The largest absolute Gasteiger partial charge is 0.444 e. The molecule has 15 heavy (non-hydrogen) atoms. The number of rotatable bonds is 0. The van der Waals surface area contributed by atoms with Crippen molar-refractivity contribution in [3.8, 4) is 0 Å². The zero-order valence-corrected chi connectivity index (χ0v) is 10.5. The highest BCUT2D eigenvalue weighted by Gasteiger charge is 2.28. The second-order valence-electron chi connectivity index (χ2n) is 5.67. The third-order valence-corrected chi connectivity index (χ3v) is 2.99. The van der Waals surface area contributed by atoms with Gasteiger partial charge in [0.25, 0.3) is 0 Å². The molecule has 0 radical (unpaired) electrons. The van der Waals surface area contributed by atoms with Gasteiger partial charge in [-0.25, -0.2) is 4.79 Å². The number of likely N-dealkylation sites (tertiary alicyclic amines) is 1. The third-order valence-electron chi connectivity index (χ3n) is 2.99. The number of hydrogen-bond donors (Lipinski definition) is 0. The van der Waals surface area contributed by atoms with Crippen LogP contribution in [0.1, 0.15) is 41.0 Å². The van der Waals surface area contributed by atoms with Crippen LogP contribution in [0.4, 0.5) is 4.79 Å². The van der Waals surface area contributed by atoms with Gasteiger partial charge in [-0.2, -0.15) is 0 Å². The van der Waals surface area contributed by atoms with E-state index in [0.29, 0.717) is 11.8 Å². The van der Waals surface area contributed by atoms with Crippen molar-refractivity contribution in [1.29, 1.82) is 0 Å². The van der Waals surface area contributed by atoms with Crippen molar-refractivity contribution in [1.82, 2.24) is 4.90 Å². The number of amides is 1. The third kappa shape index (κ3) is 3.73. The standard InChI is InChI=1S/C12H23NO2/c1-9-6-7-13(8-10(9)2)11(14)15-12(3,4)5/h9-10H,6-8H2,1-5H3/t9-,10+/m1/s1. The van der Waals surface area contributed by atoms with Crippen LogP contribution in [0.3, 0.4) is 0 Å². The second-order valence-corrected chi connectivity index (χ2v) is 5.67. The fourth-order valence-corrected chi connectivity index (χ4v) is 1.76. The molecule has 1 aliphatic rings. The van der Waals surface area contributed by atoms with Gasteiger partial charge in [-0.05, 0) is 39.0 Å². The highest BCUT2D eigenvalue weighted by molar-refractivity contribution is 5.68. The van der Waals surface area contributed by atoms with Gasteiger partial charge in [-0.1, -0.05) is 13.8 Å². The summed E-state index contributed by atoms with van der Waals surface area (Å²) in [6, 6.07) is 0. The predicted octanol–water partition coefficient (Wildman–Crippen LogP) is 2.90. The predicted molar refractivity (Wildman–Crippen MR) is 60.8 cm³/mol. The van der Waals surface area contributed by atoms with E-state index in [4.69, 9.17) is 4.74 Å². The summed E-state index contributed by atoms with van der Waals surface area (Å²) in [4.78, 5) is 13.6. The summed E-state index contributed by atoms with van der Waals surface area (Å²) >= 11 is 0. The molecule has 1 heterocycles. The monoisotopic (exact) mass is 213 g/mol. The maximum Gasteiger partial charge on any atom is 0.410 e. The van der Waals surface area contributed by atoms with Crippen LogP contribution >= 0.6 is 0 Å². The molecule has 0 aromatic rings. The molecule has 3 heteroatoms. The van der Waals surface area contributed by atoms with E-state index in [1.54, 1.807) is 0 Å². The zero-order chi connectivity index (χ0) is 11.6. The van der Waals surface area contributed by atoms with Gasteiger partial charge in [0.05, 0.1) is 0 Å². The molecular formula is C12H23NO2. The number of nitrogens with zero attached hydrogens (tertiary/aromatic N) is 1. The molecule has 88 valence electrons. The summed E-state index contributed by atoms with van der Waals surface area (Å²) in [6.07, 6.45) is 0.918. The van der Waals surface area contributed by atoms with E-state index >= 15 is 0 Å². The van der Waals surface area contributed by atoms with Crippen molar-refractivity contribution in [3.63, 3.8) is 0 Å². The zero-order valence-electron chi connectivity index (χ0n) is 10.5. The van der Waals surface area contributed by atoms with E-state index in [-0.39, 0.29) is 11.7 Å². The first-order chi connectivity index (χ1) is 6.79. The molecule has 2 atom stereocenters. The van der Waals surface area contributed by atoms with Gasteiger partial charge in [0.2, 0.25) is 0 Å². The Hall–Kier alpha value is -0.730. The van der Waals surface area contributed by atoms with Gasteiger partial charge in [0.1, 0.15) is 5.60 Å². The molecule has 0 aromatic heterocycles. The topological polar surface area (TPSA) is 29.5 Å². The van der Waals surface area contributed by atoms with Crippen LogP contribution in [0.15, 0.2) is 0 Å². The maximum absolute atomic E-state index is 11.8. The quantitative estimate of drug-likeness (QED) is 0.619. The molecule has 0 spiro atoms. The lowest BCUT2D eigenvalue weighted by Crippen LogP contribution is -2.44. The van der Waals surface area contributed by atoms with Crippen LogP contribution in [-0.4, -0.2) is 29.7 Å². The van der Waals surface area contributed by atoms with E-state index in [2.05, 4.69) is 13.8 Å². The minimum atomic E-state index is -0.386. The van der Waals surface area contributed by atoms with E-state index in [9.17, 15) is 4.79 Å². The number of ether oxygens (including phenoxy) is 1. The molecule has 0 N–H and O–H groups in total. The highest BCUT2D eigenvalue weighted by Crippen LogP contribution is 2.23. The lowest BCUT2D eigenvalue weighted by molar-refractivity contribution is 0.0128. The fraction of sp³-hybridized carbons (Fsp3) is 0.917. The van der Waals surface area contributed by atoms with E-state index in [1.807, 2.05) is 25.7 Å². The number of carbonyl (C=O) groups is 1. The van der Waals surface area contributed by atoms with Crippen molar-refractivity contribution in [3.05, 3.63) is 0 Å². The van der Waals surface area contributed by atoms with Crippen LogP contribution in [0.2, 0.25) is 0 Å². The van der Waals surface area contributed by atoms with Gasteiger partial charge in [-0.15, -0.1) is 0 Å². The lowest BCUT2D eigenvalue weighted by Gasteiger charge is -2.36. The molecule has 0 aliphatic carbocycles. The van der Waals surface area contributed by atoms with E-state index < -0.39 is 0 Å². The Bertz CT molecular complexity index is 232. The number of piperidine rings is 1. The van der Waals surface area contributed by atoms with Crippen LogP contribution in [-0.2, 0) is 4.74 Å². The highest BCUT2D eigenvalue weighted by atomic mass is 16.6. The molecule has 0 saturated carbocycles. The molecular weight excluding hydrogens is 190 g/mol. The normalized spacial score (nSPS) is 27.7. The molecule has 1 rings (SSSR count). The second kappa shape index (κ2) is 4.42. The molecule has 1 saturated heterocycles. The van der Waals surface area contributed by atoms with Gasteiger partial charge in [0.15, 0.2) is 0 Å². The molecule has 1 fully saturated rings. The van der Waals surface area contributed by atoms with E-state index in [0.717, 1.165) is 19.5 Å². The summed E-state index contributed by atoms with van der Waals surface area (Å²) in [5.74, 6) is 1.29. The maximum atomic E-state index is 11.8. The Labute approximate surface area is 92.8 Å². The SMILES string of the molecule is C[C@@H]1CCN(C(=O)OC(C)(C)C)C[C@@H]1C. The Morgan fingerprint density at radius 1 is 1.27 bits per heavy atom. The smallest absolute Gasteiger partial charge is 0.410 e. The van der Waals surface area contributed by atoms with Crippen molar-refractivity contribution in [2.75, 3.05) is 13.1 Å². The Morgan fingerprint density at radius 3 is 2.33 bits per heavy atom. The van der Waals surface area contributed by atoms with Crippen LogP contribution < -0.4 is 0 Å². The van der Waals surface area contributed by atoms with Crippen LogP contribution in [0.25, 0.3) is 0 Å². The van der Waals surface area contributed by atoms with Crippen LogP contribution in [0.5, 0.6) is 0 Å². The lowest BCUT2D eigenvalue weighted by atomic mass is 9.89. The minimum absolute atomic E-state index is 0.166. The first kappa shape index (κ1) is 12.3. The fourth-order valence-electron chi connectivity index (χ4n) is 1.76. The first-order valence-corrected chi connectivity index (χ1v) is 5.77. The summed E-state index contributed by atoms with van der Waals surface area (Å²) in [7, 11) is 0. The van der Waals surface area contributed by atoms with Gasteiger partial charge in [0, 0.05) is 13.1 Å². The van der Waals surface area contributed by atoms with E-state index in [1.165, 1.54) is 0 Å². The summed E-state index contributed by atoms with van der Waals surface area (Å²) < 4.78 is 5.35. The Morgan fingerprint density at radius 2 is 1.87 bits per heavy atom. The number of carbonyl (C=O) groups excluding carboxylic acids is 1. The van der Waals surface area contributed by atoms with Crippen LogP contribution in [0, 0.1) is 11.8 Å². The average Bonchev–Trinajstić information content (AvgIpc) is 2.06. The summed E-state index contributed by atoms with van der Waals surface area (Å²) in [5, 5.41) is 0. The Balaban J connectivity index is 2.48. The summed E-state index contributed by atoms with van der Waals surface area (Å²) in [5.41, 5.74) is -0.386. The van der Waals surface area contributed by atoms with Crippen molar-refractivity contribution in [2.24, 2.45) is 11.8 Å². The minimum Gasteiger partial charge on any atom is -0.444 e. The van der Waals surface area contributed by atoms with Gasteiger partial charge < -0.3 is 9.64 Å². The van der Waals surface area contributed by atoms with Crippen molar-refractivity contribution < 1.29 is 9.53 Å². The molecule has 3 nitrogen and oxygen atoms in total.